The van der Waals surface area contributed by atoms with Gasteiger partial charge in [0, 0.05) is 0 Å². The quantitative estimate of drug-likeness (QED) is 0.495. The van der Waals surface area contributed by atoms with Crippen molar-refractivity contribution in [2.24, 2.45) is 5.92 Å². The van der Waals surface area contributed by atoms with E-state index in [4.69, 9.17) is 4.74 Å². The molecule has 24 heavy (non-hydrogen) atoms. The standard InChI is InChI=1S/C23H32O/c1-5-18(4)22-12-8-21(9-13-22)17-24-23-14-10-20(11-15-23)16-19(6-2)7-3/h8-15,18-19H,5-7,16-17H2,1-4H3. The first kappa shape index (κ1) is 18.6. The zero-order valence-corrected chi connectivity index (χ0v) is 15.7. The minimum Gasteiger partial charge on any atom is -0.489 e. The summed E-state index contributed by atoms with van der Waals surface area (Å²) in [6.07, 6.45) is 4.85. The fourth-order valence-corrected chi connectivity index (χ4v) is 2.98. The minimum absolute atomic E-state index is 0.627. The lowest BCUT2D eigenvalue weighted by Gasteiger charge is -2.13. The molecule has 0 radical (unpaired) electrons. The zero-order valence-electron chi connectivity index (χ0n) is 15.7. The third-order valence-corrected chi connectivity index (χ3v) is 5.17. The van der Waals surface area contributed by atoms with Crippen molar-refractivity contribution in [3.05, 3.63) is 65.2 Å². The minimum atomic E-state index is 0.627. The number of benzene rings is 2. The second kappa shape index (κ2) is 9.52. The van der Waals surface area contributed by atoms with Crippen LogP contribution in [-0.2, 0) is 13.0 Å². The molecule has 1 heteroatoms. The highest BCUT2D eigenvalue weighted by Gasteiger charge is 2.06. The Morgan fingerprint density at radius 3 is 1.88 bits per heavy atom. The predicted molar refractivity (Wildman–Crippen MR) is 104 cm³/mol. The maximum Gasteiger partial charge on any atom is 0.119 e. The van der Waals surface area contributed by atoms with Gasteiger partial charge in [-0.2, -0.15) is 0 Å². The molecular weight excluding hydrogens is 292 g/mol. The average Bonchev–Trinajstić information content (AvgIpc) is 2.65. The van der Waals surface area contributed by atoms with E-state index in [1.54, 1.807) is 0 Å². The molecule has 1 nitrogen and oxygen atoms in total. The molecule has 0 saturated carbocycles. The Labute approximate surface area is 148 Å². The van der Waals surface area contributed by atoms with Crippen molar-refractivity contribution in [3.8, 4) is 5.75 Å². The van der Waals surface area contributed by atoms with Gasteiger partial charge in [-0.3, -0.25) is 0 Å². The van der Waals surface area contributed by atoms with E-state index in [2.05, 4.69) is 76.2 Å². The van der Waals surface area contributed by atoms with E-state index in [0.29, 0.717) is 12.5 Å². The van der Waals surface area contributed by atoms with E-state index in [1.165, 1.54) is 42.4 Å². The lowest BCUT2D eigenvalue weighted by atomic mass is 9.95. The highest BCUT2D eigenvalue weighted by molar-refractivity contribution is 5.29. The molecule has 0 fully saturated rings. The Morgan fingerprint density at radius 2 is 1.33 bits per heavy atom. The molecule has 2 aromatic carbocycles. The van der Waals surface area contributed by atoms with Crippen LogP contribution in [0.2, 0.25) is 0 Å². The molecular formula is C23H32O. The van der Waals surface area contributed by atoms with Crippen LogP contribution in [0.5, 0.6) is 5.75 Å². The van der Waals surface area contributed by atoms with Gasteiger partial charge in [-0.1, -0.05) is 76.9 Å². The number of ether oxygens (including phenoxy) is 1. The first-order chi connectivity index (χ1) is 11.7. The molecule has 1 unspecified atom stereocenters. The van der Waals surface area contributed by atoms with Crippen LogP contribution in [0.25, 0.3) is 0 Å². The zero-order chi connectivity index (χ0) is 17.4. The molecule has 0 saturated heterocycles. The first-order valence-corrected chi connectivity index (χ1v) is 9.46. The van der Waals surface area contributed by atoms with E-state index in [-0.39, 0.29) is 0 Å². The summed E-state index contributed by atoms with van der Waals surface area (Å²) in [5.41, 5.74) is 4.05. The molecule has 2 aromatic rings. The second-order valence-electron chi connectivity index (χ2n) is 6.87. The molecule has 2 rings (SSSR count). The van der Waals surface area contributed by atoms with Crippen molar-refractivity contribution >= 4 is 0 Å². The van der Waals surface area contributed by atoms with Gasteiger partial charge in [0.1, 0.15) is 12.4 Å². The maximum absolute atomic E-state index is 5.93. The third kappa shape index (κ3) is 5.40. The van der Waals surface area contributed by atoms with Crippen LogP contribution >= 0.6 is 0 Å². The Hall–Kier alpha value is -1.76. The van der Waals surface area contributed by atoms with Crippen LogP contribution in [0.3, 0.4) is 0 Å². The van der Waals surface area contributed by atoms with Crippen LogP contribution < -0.4 is 4.74 Å². The van der Waals surface area contributed by atoms with Gasteiger partial charge in [-0.25, -0.2) is 0 Å². The van der Waals surface area contributed by atoms with Gasteiger partial charge in [-0.05, 0) is 53.5 Å². The molecule has 130 valence electrons. The maximum atomic E-state index is 5.93. The van der Waals surface area contributed by atoms with Crippen molar-refractivity contribution in [1.82, 2.24) is 0 Å². The Morgan fingerprint density at radius 1 is 0.750 bits per heavy atom. The summed E-state index contributed by atoms with van der Waals surface area (Å²) in [7, 11) is 0. The molecule has 0 N–H and O–H groups in total. The number of hydrogen-bond donors (Lipinski definition) is 0. The van der Waals surface area contributed by atoms with Gasteiger partial charge in [0.05, 0.1) is 0 Å². The smallest absolute Gasteiger partial charge is 0.119 e. The highest BCUT2D eigenvalue weighted by Crippen LogP contribution is 2.21. The van der Waals surface area contributed by atoms with Gasteiger partial charge in [0.15, 0.2) is 0 Å². The van der Waals surface area contributed by atoms with Crippen LogP contribution in [0, 0.1) is 5.92 Å². The number of hydrogen-bond acceptors (Lipinski definition) is 1. The molecule has 0 aromatic heterocycles. The summed E-state index contributed by atoms with van der Waals surface area (Å²) in [6, 6.07) is 17.4. The normalized spacial score (nSPS) is 12.4. The second-order valence-corrected chi connectivity index (χ2v) is 6.87. The molecule has 1 atom stereocenters. The van der Waals surface area contributed by atoms with E-state index in [0.717, 1.165) is 11.7 Å². The lowest BCUT2D eigenvalue weighted by Crippen LogP contribution is -2.01. The van der Waals surface area contributed by atoms with Crippen molar-refractivity contribution in [3.63, 3.8) is 0 Å². The predicted octanol–water partition coefficient (Wildman–Crippen LogP) is 6.76. The molecule has 0 aliphatic rings. The first-order valence-electron chi connectivity index (χ1n) is 9.46. The molecule has 0 aliphatic heterocycles. The van der Waals surface area contributed by atoms with Gasteiger partial charge >= 0.3 is 0 Å². The van der Waals surface area contributed by atoms with E-state index in [1.807, 2.05) is 0 Å². The number of rotatable bonds is 9. The van der Waals surface area contributed by atoms with Crippen LogP contribution in [-0.4, -0.2) is 0 Å². The lowest BCUT2D eigenvalue weighted by molar-refractivity contribution is 0.306. The summed E-state index contributed by atoms with van der Waals surface area (Å²) in [4.78, 5) is 0. The van der Waals surface area contributed by atoms with E-state index < -0.39 is 0 Å². The van der Waals surface area contributed by atoms with Gasteiger partial charge in [0.25, 0.3) is 0 Å². The molecule has 0 bridgehead atoms. The summed E-state index contributed by atoms with van der Waals surface area (Å²) in [5, 5.41) is 0. The van der Waals surface area contributed by atoms with E-state index >= 15 is 0 Å². The highest BCUT2D eigenvalue weighted by atomic mass is 16.5. The Balaban J connectivity index is 1.88. The van der Waals surface area contributed by atoms with Crippen molar-refractivity contribution in [2.45, 2.75) is 65.9 Å². The van der Waals surface area contributed by atoms with Crippen molar-refractivity contribution in [2.75, 3.05) is 0 Å². The SMILES string of the molecule is CCC(CC)Cc1ccc(OCc2ccc(C(C)CC)cc2)cc1. The fourth-order valence-electron chi connectivity index (χ4n) is 2.98. The van der Waals surface area contributed by atoms with Crippen LogP contribution in [0.15, 0.2) is 48.5 Å². The van der Waals surface area contributed by atoms with Crippen LogP contribution in [0.4, 0.5) is 0 Å². The Bertz CT molecular complexity index is 578. The molecule has 0 spiro atoms. The van der Waals surface area contributed by atoms with E-state index in [9.17, 15) is 0 Å². The topological polar surface area (TPSA) is 9.23 Å². The third-order valence-electron chi connectivity index (χ3n) is 5.17. The Kier molecular flexibility index (Phi) is 7.36. The summed E-state index contributed by atoms with van der Waals surface area (Å²) >= 11 is 0. The summed E-state index contributed by atoms with van der Waals surface area (Å²) < 4.78 is 5.93. The fraction of sp³-hybridized carbons (Fsp3) is 0.478. The largest absolute Gasteiger partial charge is 0.489 e. The van der Waals surface area contributed by atoms with Gasteiger partial charge in [-0.15, -0.1) is 0 Å². The molecule has 0 amide bonds. The molecule has 0 aliphatic carbocycles. The van der Waals surface area contributed by atoms with Crippen molar-refractivity contribution < 1.29 is 4.74 Å². The van der Waals surface area contributed by atoms with Crippen molar-refractivity contribution in [1.29, 1.82) is 0 Å². The average molecular weight is 325 g/mol. The monoisotopic (exact) mass is 324 g/mol. The van der Waals surface area contributed by atoms with Gasteiger partial charge < -0.3 is 4.74 Å². The molecule has 0 heterocycles. The van der Waals surface area contributed by atoms with Crippen LogP contribution in [0.1, 0.15) is 69.6 Å². The summed E-state index contributed by atoms with van der Waals surface area (Å²) in [6.45, 7) is 9.69. The van der Waals surface area contributed by atoms with Gasteiger partial charge in [0.2, 0.25) is 0 Å². The summed E-state index contributed by atoms with van der Waals surface area (Å²) in [5.74, 6) is 2.37.